The molecule has 0 aliphatic rings. The Hall–Kier alpha value is -1.53. The molecular weight excluding hydrogens is 209 g/mol. The summed E-state index contributed by atoms with van der Waals surface area (Å²) in [5.41, 5.74) is 1.13. The van der Waals surface area contributed by atoms with E-state index in [-0.39, 0.29) is 5.91 Å². The van der Waals surface area contributed by atoms with Gasteiger partial charge in [0.25, 0.3) is 0 Å². The van der Waals surface area contributed by atoms with E-state index in [0.717, 1.165) is 5.56 Å². The van der Waals surface area contributed by atoms with Gasteiger partial charge in [-0.3, -0.25) is 4.79 Å². The quantitative estimate of drug-likeness (QED) is 0.572. The van der Waals surface area contributed by atoms with Gasteiger partial charge >= 0.3 is 7.12 Å². The molecule has 0 heterocycles. The molecule has 1 aromatic rings. The van der Waals surface area contributed by atoms with Crippen molar-refractivity contribution in [2.45, 2.75) is 13.5 Å². The Bertz CT molecular complexity index is 381. The maximum absolute atomic E-state index is 10.8. The lowest BCUT2D eigenvalue weighted by molar-refractivity contribution is -0.119. The van der Waals surface area contributed by atoms with E-state index in [2.05, 4.69) is 5.32 Å². The maximum Gasteiger partial charge on any atom is 0.488 e. The third-order valence-corrected chi connectivity index (χ3v) is 2.14. The molecule has 0 saturated heterocycles. The van der Waals surface area contributed by atoms with E-state index in [9.17, 15) is 4.79 Å². The molecule has 0 radical (unpaired) electrons. The van der Waals surface area contributed by atoms with Gasteiger partial charge in [0.2, 0.25) is 5.91 Å². The number of hydrogen-bond donors (Lipinski definition) is 3. The first kappa shape index (κ1) is 12.5. The highest BCUT2D eigenvalue weighted by molar-refractivity contribution is 6.58. The molecule has 0 aliphatic carbocycles. The zero-order valence-corrected chi connectivity index (χ0v) is 9.23. The van der Waals surface area contributed by atoms with Crippen molar-refractivity contribution in [1.29, 1.82) is 0 Å². The van der Waals surface area contributed by atoms with Crippen LogP contribution in [0.5, 0.6) is 5.75 Å². The Morgan fingerprint density at radius 1 is 1.50 bits per heavy atom. The monoisotopic (exact) mass is 223 g/mol. The zero-order valence-electron chi connectivity index (χ0n) is 9.23. The molecule has 0 saturated carbocycles. The number of rotatable bonds is 4. The predicted octanol–water partition coefficient (Wildman–Crippen LogP) is -0.989. The Labute approximate surface area is 94.2 Å². The third-order valence-electron chi connectivity index (χ3n) is 2.14. The second kappa shape index (κ2) is 5.53. The smallest absolute Gasteiger partial charge is 0.488 e. The van der Waals surface area contributed by atoms with Crippen molar-refractivity contribution in [3.05, 3.63) is 23.8 Å². The van der Waals surface area contributed by atoms with Gasteiger partial charge in [-0.1, -0.05) is 12.1 Å². The van der Waals surface area contributed by atoms with Gasteiger partial charge in [-0.15, -0.1) is 0 Å². The van der Waals surface area contributed by atoms with Gasteiger partial charge in [-0.2, -0.15) is 0 Å². The van der Waals surface area contributed by atoms with Crippen LogP contribution in [0.15, 0.2) is 18.2 Å². The fourth-order valence-corrected chi connectivity index (χ4v) is 1.29. The van der Waals surface area contributed by atoms with Crippen LogP contribution in [-0.2, 0) is 11.3 Å². The molecule has 0 atom stereocenters. The standard InChI is InChI=1S/C10H14BNO4/c1-7(13)12-6-8-3-4-9(11(14)15)5-10(8)16-2/h3-5,14-15H,6H2,1-2H3,(H,12,13). The largest absolute Gasteiger partial charge is 0.496 e. The Morgan fingerprint density at radius 3 is 2.69 bits per heavy atom. The molecule has 3 N–H and O–H groups in total. The summed E-state index contributed by atoms with van der Waals surface area (Å²) in [6.45, 7) is 1.78. The fourth-order valence-electron chi connectivity index (χ4n) is 1.29. The summed E-state index contributed by atoms with van der Waals surface area (Å²) in [7, 11) is -0.0381. The number of carbonyl (C=O) groups is 1. The van der Waals surface area contributed by atoms with E-state index in [4.69, 9.17) is 14.8 Å². The molecule has 5 nitrogen and oxygen atoms in total. The molecule has 1 aromatic carbocycles. The van der Waals surface area contributed by atoms with Gasteiger partial charge in [-0.25, -0.2) is 0 Å². The van der Waals surface area contributed by atoms with Crippen LogP contribution < -0.4 is 15.5 Å². The highest BCUT2D eigenvalue weighted by atomic mass is 16.5. The van der Waals surface area contributed by atoms with Gasteiger partial charge in [0.15, 0.2) is 0 Å². The normalized spacial score (nSPS) is 9.75. The molecule has 86 valence electrons. The summed E-state index contributed by atoms with van der Waals surface area (Å²) in [5.74, 6) is 0.382. The highest BCUT2D eigenvalue weighted by Gasteiger charge is 2.13. The van der Waals surface area contributed by atoms with Gasteiger partial charge < -0.3 is 20.1 Å². The lowest BCUT2D eigenvalue weighted by Gasteiger charge is -2.10. The number of benzene rings is 1. The van der Waals surface area contributed by atoms with E-state index in [1.54, 1.807) is 12.1 Å². The number of methoxy groups -OCH3 is 1. The van der Waals surface area contributed by atoms with Crippen LogP contribution in [0.25, 0.3) is 0 Å². The van der Waals surface area contributed by atoms with E-state index in [1.165, 1.54) is 20.1 Å². The van der Waals surface area contributed by atoms with Crippen LogP contribution in [0.4, 0.5) is 0 Å². The summed E-state index contributed by atoms with van der Waals surface area (Å²) in [6, 6.07) is 4.79. The van der Waals surface area contributed by atoms with Gasteiger partial charge in [0, 0.05) is 19.0 Å². The SMILES string of the molecule is COc1cc(B(O)O)ccc1CNC(C)=O. The van der Waals surface area contributed by atoms with Crippen molar-refractivity contribution in [3.63, 3.8) is 0 Å². The highest BCUT2D eigenvalue weighted by Crippen LogP contribution is 2.15. The molecular formula is C10H14BNO4. The first-order valence-corrected chi connectivity index (χ1v) is 4.82. The van der Waals surface area contributed by atoms with Crippen molar-refractivity contribution < 1.29 is 19.6 Å². The first-order chi connectivity index (χ1) is 7.54. The minimum Gasteiger partial charge on any atom is -0.496 e. The lowest BCUT2D eigenvalue weighted by atomic mass is 9.80. The molecule has 6 heteroatoms. The molecule has 1 amide bonds. The number of nitrogens with one attached hydrogen (secondary N) is 1. The van der Waals surface area contributed by atoms with E-state index < -0.39 is 7.12 Å². The second-order valence-electron chi connectivity index (χ2n) is 3.35. The van der Waals surface area contributed by atoms with Gasteiger partial charge in [-0.05, 0) is 11.5 Å². The third kappa shape index (κ3) is 3.25. The summed E-state index contributed by atoms with van der Waals surface area (Å²) >= 11 is 0. The van der Waals surface area contributed by atoms with E-state index in [0.29, 0.717) is 17.8 Å². The topological polar surface area (TPSA) is 78.8 Å². The van der Waals surface area contributed by atoms with Crippen LogP contribution >= 0.6 is 0 Å². The number of carbonyl (C=O) groups excluding carboxylic acids is 1. The minimum absolute atomic E-state index is 0.131. The summed E-state index contributed by atoms with van der Waals surface area (Å²) in [6.07, 6.45) is 0. The minimum atomic E-state index is -1.52. The molecule has 0 aliphatic heterocycles. The molecule has 0 fully saturated rings. The Kier molecular flexibility index (Phi) is 4.33. The average Bonchev–Trinajstić information content (AvgIpc) is 2.25. The van der Waals surface area contributed by atoms with Crippen molar-refractivity contribution in [1.82, 2.24) is 5.32 Å². The van der Waals surface area contributed by atoms with Gasteiger partial charge in [0.05, 0.1) is 7.11 Å². The predicted molar refractivity (Wildman–Crippen MR) is 60.3 cm³/mol. The fraction of sp³-hybridized carbons (Fsp3) is 0.300. The van der Waals surface area contributed by atoms with Gasteiger partial charge in [0.1, 0.15) is 5.75 Å². The number of ether oxygens (including phenoxy) is 1. The van der Waals surface area contributed by atoms with Crippen molar-refractivity contribution in [2.24, 2.45) is 0 Å². The van der Waals surface area contributed by atoms with E-state index >= 15 is 0 Å². The molecule has 0 unspecified atom stereocenters. The van der Waals surface area contributed by atoms with Crippen LogP contribution in [-0.4, -0.2) is 30.2 Å². The van der Waals surface area contributed by atoms with Crippen molar-refractivity contribution in [3.8, 4) is 5.75 Å². The van der Waals surface area contributed by atoms with Crippen LogP contribution in [0.2, 0.25) is 0 Å². The van der Waals surface area contributed by atoms with Crippen LogP contribution in [0, 0.1) is 0 Å². The Morgan fingerprint density at radius 2 is 2.19 bits per heavy atom. The molecule has 1 rings (SSSR count). The second-order valence-corrected chi connectivity index (χ2v) is 3.35. The lowest BCUT2D eigenvalue weighted by Crippen LogP contribution is -2.30. The number of amides is 1. The Balaban J connectivity index is 2.88. The van der Waals surface area contributed by atoms with Crippen LogP contribution in [0.1, 0.15) is 12.5 Å². The van der Waals surface area contributed by atoms with Crippen molar-refractivity contribution >= 4 is 18.5 Å². The summed E-state index contributed by atoms with van der Waals surface area (Å²) in [5, 5.41) is 20.6. The van der Waals surface area contributed by atoms with Crippen molar-refractivity contribution in [2.75, 3.05) is 7.11 Å². The first-order valence-electron chi connectivity index (χ1n) is 4.82. The molecule has 16 heavy (non-hydrogen) atoms. The maximum atomic E-state index is 10.8. The number of hydrogen-bond acceptors (Lipinski definition) is 4. The summed E-state index contributed by atoms with van der Waals surface area (Å²) in [4.78, 5) is 10.8. The molecule has 0 aromatic heterocycles. The zero-order chi connectivity index (χ0) is 12.1. The van der Waals surface area contributed by atoms with Crippen LogP contribution in [0.3, 0.4) is 0 Å². The molecule has 0 bridgehead atoms. The average molecular weight is 223 g/mol. The summed E-state index contributed by atoms with van der Waals surface area (Å²) < 4.78 is 5.09. The molecule has 0 spiro atoms. The van der Waals surface area contributed by atoms with E-state index in [1.807, 2.05) is 0 Å².